The number of fused-ring (bicyclic) bond motifs is 1. The van der Waals surface area contributed by atoms with Gasteiger partial charge in [-0.25, -0.2) is 10.2 Å². The summed E-state index contributed by atoms with van der Waals surface area (Å²) in [4.78, 5) is 37.3. The Morgan fingerprint density at radius 3 is 2.32 bits per heavy atom. The number of benzene rings is 4. The standard InChI is InChI=1S/C29H25N3O5/c1-3-36-23-15-13-22(14-16-23)31-27(33)28(34)32-30-18-25-24-7-5-4-6-20(24)12-17-26(25)37-29(35)21-10-8-19(2)9-11-21/h4-18H,3H2,1-2H3,(H,31,33)(H,32,34)/b30-18+. The number of nitrogens with one attached hydrogen (secondary N) is 2. The van der Waals surface area contributed by atoms with E-state index in [1.54, 1.807) is 42.5 Å². The fourth-order valence-corrected chi connectivity index (χ4v) is 3.54. The van der Waals surface area contributed by atoms with Crippen molar-refractivity contribution in [1.82, 2.24) is 5.43 Å². The van der Waals surface area contributed by atoms with Crippen molar-refractivity contribution in [3.8, 4) is 11.5 Å². The predicted molar refractivity (Wildman–Crippen MR) is 142 cm³/mol. The monoisotopic (exact) mass is 495 g/mol. The van der Waals surface area contributed by atoms with Crippen molar-refractivity contribution in [2.24, 2.45) is 5.10 Å². The van der Waals surface area contributed by atoms with E-state index < -0.39 is 17.8 Å². The zero-order valence-corrected chi connectivity index (χ0v) is 20.4. The molecule has 0 atom stereocenters. The lowest BCUT2D eigenvalue weighted by Gasteiger charge is -2.11. The number of amides is 2. The average molecular weight is 496 g/mol. The van der Waals surface area contributed by atoms with Crippen LogP contribution in [0.1, 0.15) is 28.4 Å². The fraction of sp³-hybridized carbons (Fsp3) is 0.103. The van der Waals surface area contributed by atoms with Gasteiger partial charge in [-0.2, -0.15) is 5.10 Å². The molecule has 0 aliphatic heterocycles. The van der Waals surface area contributed by atoms with Crippen LogP contribution in [0.4, 0.5) is 5.69 Å². The van der Waals surface area contributed by atoms with E-state index in [0.29, 0.717) is 29.2 Å². The number of ether oxygens (including phenoxy) is 2. The summed E-state index contributed by atoms with van der Waals surface area (Å²) in [7, 11) is 0. The van der Waals surface area contributed by atoms with Crippen molar-refractivity contribution in [2.45, 2.75) is 13.8 Å². The summed E-state index contributed by atoms with van der Waals surface area (Å²) >= 11 is 0. The Kier molecular flexibility index (Phi) is 7.90. The van der Waals surface area contributed by atoms with Gasteiger partial charge in [-0.1, -0.05) is 48.0 Å². The van der Waals surface area contributed by atoms with E-state index in [9.17, 15) is 14.4 Å². The second-order valence-corrected chi connectivity index (χ2v) is 8.06. The molecular weight excluding hydrogens is 470 g/mol. The number of hydrogen-bond donors (Lipinski definition) is 2. The molecule has 0 bridgehead atoms. The Morgan fingerprint density at radius 1 is 0.865 bits per heavy atom. The lowest BCUT2D eigenvalue weighted by atomic mass is 10.0. The molecule has 8 nitrogen and oxygen atoms in total. The van der Waals surface area contributed by atoms with Gasteiger partial charge in [0.2, 0.25) is 0 Å². The van der Waals surface area contributed by atoms with Gasteiger partial charge in [0, 0.05) is 11.3 Å². The maximum Gasteiger partial charge on any atom is 0.343 e. The summed E-state index contributed by atoms with van der Waals surface area (Å²) in [5.74, 6) is -1.44. The Morgan fingerprint density at radius 2 is 1.59 bits per heavy atom. The summed E-state index contributed by atoms with van der Waals surface area (Å²) in [6.07, 6.45) is 1.35. The van der Waals surface area contributed by atoms with Crippen LogP contribution < -0.4 is 20.2 Å². The summed E-state index contributed by atoms with van der Waals surface area (Å²) < 4.78 is 11.0. The van der Waals surface area contributed by atoms with Gasteiger partial charge >= 0.3 is 17.8 Å². The quantitative estimate of drug-likeness (QED) is 0.125. The van der Waals surface area contributed by atoms with E-state index in [2.05, 4.69) is 15.8 Å². The molecule has 8 heteroatoms. The normalized spacial score (nSPS) is 10.8. The van der Waals surface area contributed by atoms with Gasteiger partial charge in [-0.3, -0.25) is 9.59 Å². The molecule has 0 radical (unpaired) electrons. The highest BCUT2D eigenvalue weighted by molar-refractivity contribution is 6.39. The minimum atomic E-state index is -0.955. The zero-order valence-electron chi connectivity index (χ0n) is 20.4. The summed E-state index contributed by atoms with van der Waals surface area (Å²) in [6, 6.07) is 24.6. The zero-order chi connectivity index (χ0) is 26.2. The van der Waals surface area contributed by atoms with Crippen LogP contribution in [-0.2, 0) is 9.59 Å². The van der Waals surface area contributed by atoms with Crippen molar-refractivity contribution in [3.63, 3.8) is 0 Å². The Hall–Kier alpha value is -4.98. The highest BCUT2D eigenvalue weighted by Crippen LogP contribution is 2.27. The van der Waals surface area contributed by atoms with E-state index in [1.807, 2.05) is 56.3 Å². The van der Waals surface area contributed by atoms with Crippen molar-refractivity contribution in [2.75, 3.05) is 11.9 Å². The first-order valence-electron chi connectivity index (χ1n) is 11.6. The summed E-state index contributed by atoms with van der Waals surface area (Å²) in [5.41, 5.74) is 4.56. The summed E-state index contributed by atoms with van der Waals surface area (Å²) in [5, 5.41) is 8.09. The van der Waals surface area contributed by atoms with Gasteiger partial charge in [-0.05, 0) is 67.1 Å². The van der Waals surface area contributed by atoms with E-state index in [0.717, 1.165) is 16.3 Å². The van der Waals surface area contributed by atoms with E-state index in [4.69, 9.17) is 9.47 Å². The number of aryl methyl sites for hydroxylation is 1. The van der Waals surface area contributed by atoms with Crippen molar-refractivity contribution < 1.29 is 23.9 Å². The van der Waals surface area contributed by atoms with Gasteiger partial charge in [0.15, 0.2) is 0 Å². The van der Waals surface area contributed by atoms with Crippen LogP contribution in [0.3, 0.4) is 0 Å². The van der Waals surface area contributed by atoms with Gasteiger partial charge < -0.3 is 14.8 Å². The predicted octanol–water partition coefficient (Wildman–Crippen LogP) is 4.85. The number of carbonyl (C=O) groups is 3. The third-order valence-electron chi connectivity index (χ3n) is 5.41. The number of carbonyl (C=O) groups excluding carboxylic acids is 3. The van der Waals surface area contributed by atoms with E-state index in [1.165, 1.54) is 6.21 Å². The van der Waals surface area contributed by atoms with Crippen LogP contribution in [-0.4, -0.2) is 30.6 Å². The van der Waals surface area contributed by atoms with Gasteiger partial charge in [0.25, 0.3) is 0 Å². The number of hydrazone groups is 1. The van der Waals surface area contributed by atoms with Crippen LogP contribution in [0.25, 0.3) is 10.8 Å². The Bertz CT molecular complexity index is 1460. The molecule has 0 saturated carbocycles. The first kappa shape index (κ1) is 25.1. The first-order chi connectivity index (χ1) is 17.9. The molecule has 0 unspecified atom stereocenters. The topological polar surface area (TPSA) is 106 Å². The summed E-state index contributed by atoms with van der Waals surface area (Å²) in [6.45, 7) is 4.32. The molecule has 4 rings (SSSR count). The second-order valence-electron chi connectivity index (χ2n) is 8.06. The molecule has 2 N–H and O–H groups in total. The lowest BCUT2D eigenvalue weighted by Crippen LogP contribution is -2.32. The van der Waals surface area contributed by atoms with Crippen LogP contribution in [0, 0.1) is 6.92 Å². The molecule has 0 heterocycles. The van der Waals surface area contributed by atoms with Crippen molar-refractivity contribution in [3.05, 3.63) is 102 Å². The van der Waals surface area contributed by atoms with E-state index >= 15 is 0 Å². The highest BCUT2D eigenvalue weighted by atomic mass is 16.5. The maximum absolute atomic E-state index is 12.7. The maximum atomic E-state index is 12.7. The first-order valence-corrected chi connectivity index (χ1v) is 11.6. The molecule has 0 fully saturated rings. The van der Waals surface area contributed by atoms with Gasteiger partial charge in [-0.15, -0.1) is 0 Å². The number of esters is 1. The lowest BCUT2D eigenvalue weighted by molar-refractivity contribution is -0.136. The molecule has 2 amide bonds. The van der Waals surface area contributed by atoms with Gasteiger partial charge in [0.1, 0.15) is 11.5 Å². The third-order valence-corrected chi connectivity index (χ3v) is 5.41. The third kappa shape index (κ3) is 6.37. The molecule has 0 saturated heterocycles. The molecule has 4 aromatic carbocycles. The molecule has 0 spiro atoms. The molecule has 0 aliphatic carbocycles. The van der Waals surface area contributed by atoms with Crippen molar-refractivity contribution >= 4 is 40.5 Å². The Labute approximate surface area is 213 Å². The Balaban J connectivity index is 1.49. The molecule has 0 aromatic heterocycles. The fourth-order valence-electron chi connectivity index (χ4n) is 3.54. The van der Waals surface area contributed by atoms with Gasteiger partial charge in [0.05, 0.1) is 18.4 Å². The SMILES string of the molecule is CCOc1ccc(NC(=O)C(=O)N/N=C/c2c(OC(=O)c3ccc(C)cc3)ccc3ccccc23)cc1. The molecule has 0 aliphatic rings. The number of rotatable bonds is 7. The average Bonchev–Trinajstić information content (AvgIpc) is 2.91. The van der Waals surface area contributed by atoms with Crippen LogP contribution in [0.15, 0.2) is 90.0 Å². The number of anilines is 1. The molecule has 4 aromatic rings. The van der Waals surface area contributed by atoms with Crippen molar-refractivity contribution in [1.29, 1.82) is 0 Å². The van der Waals surface area contributed by atoms with Crippen LogP contribution in [0.5, 0.6) is 11.5 Å². The molecule has 186 valence electrons. The minimum absolute atomic E-state index is 0.265. The van der Waals surface area contributed by atoms with Crippen LogP contribution in [0.2, 0.25) is 0 Å². The smallest absolute Gasteiger partial charge is 0.343 e. The molecular formula is C29H25N3O5. The second kappa shape index (κ2) is 11.6. The highest BCUT2D eigenvalue weighted by Gasteiger charge is 2.15. The van der Waals surface area contributed by atoms with Crippen LogP contribution >= 0.6 is 0 Å². The molecule has 37 heavy (non-hydrogen) atoms. The number of hydrogen-bond acceptors (Lipinski definition) is 6. The minimum Gasteiger partial charge on any atom is -0.494 e. The number of nitrogens with zero attached hydrogens (tertiary/aromatic N) is 1. The van der Waals surface area contributed by atoms with E-state index in [-0.39, 0.29) is 5.75 Å². The largest absolute Gasteiger partial charge is 0.494 e.